The van der Waals surface area contributed by atoms with E-state index in [-0.39, 0.29) is 34.0 Å². The molecule has 6 heterocycles. The fourth-order valence-corrected chi connectivity index (χ4v) is 12.3. The Morgan fingerprint density at radius 2 is 0.671 bits per heavy atom. The summed E-state index contributed by atoms with van der Waals surface area (Å²) >= 11 is 0. The molecular formula is C58H64Br2F4N2O4. The highest BCUT2D eigenvalue weighted by atomic mass is 79.9. The van der Waals surface area contributed by atoms with Crippen LogP contribution in [0, 0.1) is 34.1 Å². The predicted octanol–water partition coefficient (Wildman–Crippen LogP) is 4.84. The Hall–Kier alpha value is -4.24. The number of ether oxygens (including phenoxy) is 2. The highest BCUT2D eigenvalue weighted by molar-refractivity contribution is 5.42. The first-order chi connectivity index (χ1) is 32.9. The third-order valence-electron chi connectivity index (χ3n) is 16.5. The van der Waals surface area contributed by atoms with Gasteiger partial charge in [0.15, 0.2) is 0 Å². The molecule has 6 saturated heterocycles. The molecule has 0 aromatic heterocycles. The smallest absolute Gasteiger partial charge is 0.123 e. The number of quaternary nitrogens is 2. The molecule has 2 N–H and O–H groups in total. The Morgan fingerprint density at radius 1 is 0.400 bits per heavy atom. The van der Waals surface area contributed by atoms with E-state index in [1.54, 1.807) is 48.5 Å². The monoisotopic (exact) mass is 1090 g/mol. The number of halogens is 6. The summed E-state index contributed by atoms with van der Waals surface area (Å²) in [7, 11) is 0. The summed E-state index contributed by atoms with van der Waals surface area (Å²) in [4.78, 5) is 0. The molecule has 6 fully saturated rings. The van der Waals surface area contributed by atoms with E-state index in [1.165, 1.54) is 59.7 Å². The van der Waals surface area contributed by atoms with Crippen molar-refractivity contribution in [1.82, 2.24) is 0 Å². The van der Waals surface area contributed by atoms with Gasteiger partial charge in [-0.2, -0.15) is 0 Å². The lowest BCUT2D eigenvalue weighted by atomic mass is 9.56. The number of aliphatic hydroxyl groups is 2. The second-order valence-corrected chi connectivity index (χ2v) is 20.1. The SMILES string of the molecule is OC(c1cccc(F)c1)(c1cccc(F)c1)C12CC[N+](CCOCc3ccccc3)(CC1)CC2.OC(c1cccc(F)c1)(c1cccc(F)c1)C12CC[N+](CCOCc3ccccc3)(CC1)CC2.[Br-].[Br-]. The molecule has 4 bridgehead atoms. The van der Waals surface area contributed by atoms with E-state index in [2.05, 4.69) is 24.3 Å². The van der Waals surface area contributed by atoms with Crippen LogP contribution in [-0.4, -0.2) is 84.8 Å². The maximum absolute atomic E-state index is 14.3. The Bertz CT molecular complexity index is 2320. The largest absolute Gasteiger partial charge is 1.00 e. The van der Waals surface area contributed by atoms with Crippen LogP contribution in [0.3, 0.4) is 0 Å². The zero-order valence-corrected chi connectivity index (χ0v) is 42.8. The summed E-state index contributed by atoms with van der Waals surface area (Å²) in [6, 6.07) is 45.1. The molecular weight excluding hydrogens is 1020 g/mol. The Labute approximate surface area is 431 Å². The van der Waals surface area contributed by atoms with Crippen LogP contribution in [0.4, 0.5) is 17.6 Å². The third-order valence-corrected chi connectivity index (χ3v) is 16.5. The number of rotatable bonds is 16. The lowest BCUT2D eigenvalue weighted by Crippen LogP contribution is -3.00. The second-order valence-electron chi connectivity index (χ2n) is 20.1. The molecule has 12 rings (SSSR count). The van der Waals surface area contributed by atoms with Crippen molar-refractivity contribution in [3.8, 4) is 0 Å². The van der Waals surface area contributed by atoms with Gasteiger partial charge in [-0.3, -0.25) is 0 Å². The van der Waals surface area contributed by atoms with Gasteiger partial charge in [0.2, 0.25) is 0 Å². The van der Waals surface area contributed by atoms with Crippen molar-refractivity contribution in [2.45, 2.75) is 62.9 Å². The van der Waals surface area contributed by atoms with Crippen LogP contribution in [0.25, 0.3) is 0 Å². The van der Waals surface area contributed by atoms with E-state index in [9.17, 15) is 27.8 Å². The molecule has 372 valence electrons. The fourth-order valence-electron chi connectivity index (χ4n) is 12.3. The zero-order chi connectivity index (χ0) is 47.3. The molecule has 0 unspecified atom stereocenters. The number of hydrogen-bond donors (Lipinski definition) is 2. The van der Waals surface area contributed by atoms with E-state index >= 15 is 0 Å². The van der Waals surface area contributed by atoms with Gasteiger partial charge in [0.25, 0.3) is 0 Å². The summed E-state index contributed by atoms with van der Waals surface area (Å²) < 4.78 is 70.9. The Kier molecular flexibility index (Phi) is 17.3. The number of hydrogen-bond acceptors (Lipinski definition) is 4. The quantitative estimate of drug-likeness (QED) is 0.0829. The zero-order valence-electron chi connectivity index (χ0n) is 39.6. The van der Waals surface area contributed by atoms with Crippen molar-refractivity contribution < 1.29 is 80.2 Å². The fraction of sp³-hybridized carbons (Fsp3) is 0.379. The van der Waals surface area contributed by atoms with Gasteiger partial charge in [-0.15, -0.1) is 0 Å². The molecule has 0 amide bonds. The number of piperidine rings is 6. The Balaban J connectivity index is 0.000000201. The van der Waals surface area contributed by atoms with Gasteiger partial charge in [-0.05, 0) is 81.9 Å². The molecule has 0 saturated carbocycles. The lowest BCUT2D eigenvalue weighted by Gasteiger charge is -2.60. The first-order valence-electron chi connectivity index (χ1n) is 24.3. The second kappa shape index (κ2) is 22.7. The first kappa shape index (κ1) is 53.6. The maximum atomic E-state index is 14.3. The van der Waals surface area contributed by atoms with Crippen molar-refractivity contribution in [3.63, 3.8) is 0 Å². The minimum atomic E-state index is -1.45. The normalized spacial score (nSPS) is 23.6. The van der Waals surface area contributed by atoms with Crippen LogP contribution in [-0.2, 0) is 33.9 Å². The van der Waals surface area contributed by atoms with E-state index in [1.807, 2.05) is 36.4 Å². The minimum Gasteiger partial charge on any atom is -1.00 e. The number of nitrogens with zero attached hydrogens (tertiary/aromatic N) is 2. The molecule has 6 aromatic carbocycles. The van der Waals surface area contributed by atoms with Crippen LogP contribution < -0.4 is 34.0 Å². The lowest BCUT2D eigenvalue weighted by molar-refractivity contribution is -0.946. The molecule has 6 aromatic rings. The molecule has 70 heavy (non-hydrogen) atoms. The minimum absolute atomic E-state index is 0. The average Bonchev–Trinajstić information content (AvgIpc) is 3.38. The van der Waals surface area contributed by atoms with Crippen molar-refractivity contribution in [2.75, 3.05) is 65.6 Å². The van der Waals surface area contributed by atoms with E-state index in [0.717, 1.165) is 99.8 Å². The van der Waals surface area contributed by atoms with Crippen molar-refractivity contribution >= 4 is 0 Å². The van der Waals surface area contributed by atoms with Gasteiger partial charge in [-0.25, -0.2) is 17.6 Å². The maximum Gasteiger partial charge on any atom is 0.123 e. The van der Waals surface area contributed by atoms with Crippen molar-refractivity contribution in [1.29, 1.82) is 0 Å². The van der Waals surface area contributed by atoms with Gasteiger partial charge in [0.05, 0.1) is 65.7 Å². The molecule has 6 aliphatic rings. The predicted molar refractivity (Wildman–Crippen MR) is 256 cm³/mol. The summed E-state index contributed by atoms with van der Waals surface area (Å²) in [6.07, 6.45) is 4.80. The van der Waals surface area contributed by atoms with Gasteiger partial charge in [0, 0.05) is 49.4 Å². The van der Waals surface area contributed by atoms with Crippen molar-refractivity contribution in [3.05, 3.63) is 214 Å². The summed E-state index contributed by atoms with van der Waals surface area (Å²) in [6.45, 7) is 10.1. The molecule has 0 aliphatic carbocycles. The van der Waals surface area contributed by atoms with Gasteiger partial charge < -0.3 is 62.6 Å². The summed E-state index contributed by atoms with van der Waals surface area (Å²) in [5.74, 6) is -1.57. The number of benzene rings is 6. The molecule has 12 heteroatoms. The molecule has 6 aliphatic heterocycles. The van der Waals surface area contributed by atoms with E-state index < -0.39 is 45.3 Å². The van der Waals surface area contributed by atoms with E-state index in [4.69, 9.17) is 9.47 Å². The molecule has 0 atom stereocenters. The third kappa shape index (κ3) is 10.9. The summed E-state index contributed by atoms with van der Waals surface area (Å²) in [5, 5.41) is 24.7. The average molecular weight is 1090 g/mol. The van der Waals surface area contributed by atoms with E-state index in [0.29, 0.717) is 48.7 Å². The molecule has 0 spiro atoms. The van der Waals surface area contributed by atoms with Gasteiger partial charge >= 0.3 is 0 Å². The first-order valence-corrected chi connectivity index (χ1v) is 24.3. The highest BCUT2D eigenvalue weighted by Gasteiger charge is 2.62. The van der Waals surface area contributed by atoms with Crippen LogP contribution in [0.15, 0.2) is 158 Å². The van der Waals surface area contributed by atoms with Gasteiger partial charge in [0.1, 0.15) is 47.6 Å². The molecule has 0 radical (unpaired) electrons. The topological polar surface area (TPSA) is 58.9 Å². The van der Waals surface area contributed by atoms with Crippen LogP contribution in [0.1, 0.15) is 71.9 Å². The van der Waals surface area contributed by atoms with Crippen LogP contribution in [0.5, 0.6) is 0 Å². The summed E-state index contributed by atoms with van der Waals surface area (Å²) in [5.41, 5.74) is 0.562. The molecule has 6 nitrogen and oxygen atoms in total. The van der Waals surface area contributed by atoms with Crippen molar-refractivity contribution in [2.24, 2.45) is 10.8 Å². The standard InChI is InChI=1S/2C29H32F2NO2.2BrH/c2*30-26-10-4-8-24(20-26)29(33,25-9-5-11-27(31)21-25)28-12-15-32(16-13-28,17-14-28)18-19-34-22-23-6-2-1-3-7-23;;/h2*1-11,20-21,33H,12-19,22H2;2*1H/q2*+1;;/p-2. The number of fused-ring (bicyclic) bond motifs is 6. The van der Waals surface area contributed by atoms with Crippen LogP contribution in [0.2, 0.25) is 0 Å². The van der Waals surface area contributed by atoms with Crippen LogP contribution >= 0.6 is 0 Å². The highest BCUT2D eigenvalue weighted by Crippen LogP contribution is 2.59. The Morgan fingerprint density at radius 3 is 0.929 bits per heavy atom. The van der Waals surface area contributed by atoms with Gasteiger partial charge in [-0.1, -0.05) is 109 Å².